The number of amides is 1. The van der Waals surface area contributed by atoms with Gasteiger partial charge in [0.1, 0.15) is 23.7 Å². The van der Waals surface area contributed by atoms with Gasteiger partial charge in [0, 0.05) is 38.4 Å². The van der Waals surface area contributed by atoms with Crippen LogP contribution in [0.3, 0.4) is 0 Å². The lowest BCUT2D eigenvalue weighted by Gasteiger charge is -2.33. The van der Waals surface area contributed by atoms with Gasteiger partial charge in [-0.05, 0) is 31.9 Å². The van der Waals surface area contributed by atoms with Crippen LogP contribution in [0.2, 0.25) is 0 Å². The summed E-state index contributed by atoms with van der Waals surface area (Å²) < 4.78 is 14.0. The summed E-state index contributed by atoms with van der Waals surface area (Å²) in [5.74, 6) is 1.09. The van der Waals surface area contributed by atoms with Crippen molar-refractivity contribution in [3.8, 4) is 5.75 Å². The molecule has 2 fully saturated rings. The summed E-state index contributed by atoms with van der Waals surface area (Å²) >= 11 is 0. The van der Waals surface area contributed by atoms with E-state index in [1.807, 2.05) is 24.1 Å². The van der Waals surface area contributed by atoms with E-state index in [1.165, 1.54) is 0 Å². The van der Waals surface area contributed by atoms with Gasteiger partial charge in [-0.3, -0.25) is 9.78 Å². The third-order valence-electron chi connectivity index (χ3n) is 5.18. The zero-order valence-electron chi connectivity index (χ0n) is 15.2. The molecular formula is C19H24N4O3. The van der Waals surface area contributed by atoms with Crippen molar-refractivity contribution >= 4 is 5.91 Å². The topological polar surface area (TPSA) is 69.5 Å². The maximum atomic E-state index is 12.7. The summed E-state index contributed by atoms with van der Waals surface area (Å²) in [5, 5.41) is 0. The van der Waals surface area contributed by atoms with Gasteiger partial charge in [0.2, 0.25) is 0 Å². The molecule has 2 aromatic heterocycles. The van der Waals surface area contributed by atoms with Gasteiger partial charge < -0.3 is 18.9 Å². The van der Waals surface area contributed by atoms with Gasteiger partial charge in [0.25, 0.3) is 5.91 Å². The highest BCUT2D eigenvalue weighted by atomic mass is 16.6. The quantitative estimate of drug-likeness (QED) is 0.837. The molecule has 1 amide bonds. The molecule has 2 aromatic rings. The molecule has 4 rings (SSSR count). The smallest absolute Gasteiger partial charge is 0.274 e. The van der Waals surface area contributed by atoms with Crippen LogP contribution in [0.1, 0.15) is 30.3 Å². The second-order valence-electron chi connectivity index (χ2n) is 7.51. The number of imidazole rings is 1. The highest BCUT2D eigenvalue weighted by molar-refractivity contribution is 5.92. The fourth-order valence-corrected chi connectivity index (χ4v) is 3.96. The molecule has 138 valence electrons. The summed E-state index contributed by atoms with van der Waals surface area (Å²) in [7, 11) is 1.87. The van der Waals surface area contributed by atoms with E-state index in [9.17, 15) is 4.79 Å². The number of fused-ring (bicyclic) bond motifs is 1. The van der Waals surface area contributed by atoms with Crippen molar-refractivity contribution in [2.24, 2.45) is 13.0 Å². The maximum Gasteiger partial charge on any atom is 0.274 e. The van der Waals surface area contributed by atoms with Gasteiger partial charge in [-0.2, -0.15) is 0 Å². The second-order valence-corrected chi connectivity index (χ2v) is 7.51. The Morgan fingerprint density at radius 2 is 2.38 bits per heavy atom. The number of hydrogen-bond donors (Lipinski definition) is 0. The Morgan fingerprint density at radius 1 is 1.50 bits per heavy atom. The number of piperidine rings is 1. The van der Waals surface area contributed by atoms with Crippen molar-refractivity contribution in [2.45, 2.75) is 31.5 Å². The molecule has 2 aliphatic heterocycles. The van der Waals surface area contributed by atoms with Crippen LogP contribution < -0.4 is 4.74 Å². The van der Waals surface area contributed by atoms with Gasteiger partial charge in [-0.15, -0.1) is 0 Å². The van der Waals surface area contributed by atoms with E-state index < -0.39 is 0 Å². The van der Waals surface area contributed by atoms with Crippen LogP contribution in [0.5, 0.6) is 5.75 Å². The Balaban J connectivity index is 1.37. The summed E-state index contributed by atoms with van der Waals surface area (Å²) in [4.78, 5) is 22.8. The third kappa shape index (κ3) is 3.44. The summed E-state index contributed by atoms with van der Waals surface area (Å²) in [6.45, 7) is 3.99. The van der Waals surface area contributed by atoms with Crippen molar-refractivity contribution in [3.05, 3.63) is 42.7 Å². The molecule has 0 N–H and O–H groups in total. The minimum Gasteiger partial charge on any atom is -0.489 e. The third-order valence-corrected chi connectivity index (χ3v) is 5.18. The molecule has 2 saturated heterocycles. The number of rotatable bonds is 4. The Kier molecular flexibility index (Phi) is 4.40. The van der Waals surface area contributed by atoms with Crippen molar-refractivity contribution in [1.82, 2.24) is 19.4 Å². The van der Waals surface area contributed by atoms with Crippen molar-refractivity contribution in [1.29, 1.82) is 0 Å². The number of carbonyl (C=O) groups is 1. The lowest BCUT2D eigenvalue weighted by atomic mass is 9.89. The van der Waals surface area contributed by atoms with Crippen LogP contribution in [-0.4, -0.2) is 56.7 Å². The SMILES string of the molecule is Cn1cnc(C(=O)N2CC[C@@H]3O[C@@](C)(COc4cccnc4)C[C@@H]3C2)c1. The molecule has 4 heterocycles. The first-order valence-electron chi connectivity index (χ1n) is 9.00. The molecule has 7 heteroatoms. The fourth-order valence-electron chi connectivity index (χ4n) is 3.96. The minimum absolute atomic E-state index is 0.00395. The Labute approximate surface area is 152 Å². The van der Waals surface area contributed by atoms with Gasteiger partial charge >= 0.3 is 0 Å². The number of pyridine rings is 1. The van der Waals surface area contributed by atoms with E-state index in [-0.39, 0.29) is 17.6 Å². The zero-order valence-corrected chi connectivity index (χ0v) is 15.2. The molecule has 0 aliphatic carbocycles. The number of hydrogen-bond acceptors (Lipinski definition) is 5. The molecule has 0 aromatic carbocycles. The Morgan fingerprint density at radius 3 is 3.12 bits per heavy atom. The minimum atomic E-state index is -0.338. The normalized spacial score (nSPS) is 28.0. The predicted molar refractivity (Wildman–Crippen MR) is 94.8 cm³/mol. The van der Waals surface area contributed by atoms with E-state index in [0.717, 1.165) is 18.6 Å². The number of aryl methyl sites for hydroxylation is 1. The molecule has 0 unspecified atom stereocenters. The van der Waals surface area contributed by atoms with E-state index in [1.54, 1.807) is 29.5 Å². The molecule has 0 bridgehead atoms. The molecule has 2 aliphatic rings. The predicted octanol–water partition coefficient (Wildman–Crippen LogP) is 1.90. The van der Waals surface area contributed by atoms with Crippen LogP contribution in [0.4, 0.5) is 0 Å². The number of nitrogens with zero attached hydrogens (tertiary/aromatic N) is 4. The van der Waals surface area contributed by atoms with E-state index in [0.29, 0.717) is 31.3 Å². The lowest BCUT2D eigenvalue weighted by molar-refractivity contribution is -0.0675. The largest absolute Gasteiger partial charge is 0.489 e. The number of carbonyl (C=O) groups excluding carboxylic acids is 1. The summed E-state index contributed by atoms with van der Waals surface area (Å²) in [6.07, 6.45) is 8.78. The van der Waals surface area contributed by atoms with Gasteiger partial charge in [-0.25, -0.2) is 4.98 Å². The monoisotopic (exact) mass is 356 g/mol. The van der Waals surface area contributed by atoms with Crippen molar-refractivity contribution in [3.63, 3.8) is 0 Å². The van der Waals surface area contributed by atoms with Crippen LogP contribution in [0.25, 0.3) is 0 Å². The molecule has 26 heavy (non-hydrogen) atoms. The first-order chi connectivity index (χ1) is 12.5. The molecule has 7 nitrogen and oxygen atoms in total. The summed E-state index contributed by atoms with van der Waals surface area (Å²) in [6, 6.07) is 3.75. The average Bonchev–Trinajstić information content (AvgIpc) is 3.22. The Hall–Kier alpha value is -2.41. The van der Waals surface area contributed by atoms with Gasteiger partial charge in [0.15, 0.2) is 0 Å². The highest BCUT2D eigenvalue weighted by Gasteiger charge is 2.47. The van der Waals surface area contributed by atoms with E-state index in [4.69, 9.17) is 9.47 Å². The van der Waals surface area contributed by atoms with Crippen LogP contribution in [-0.2, 0) is 11.8 Å². The summed E-state index contributed by atoms with van der Waals surface area (Å²) in [5.41, 5.74) is 0.169. The zero-order chi connectivity index (χ0) is 18.1. The molecular weight excluding hydrogens is 332 g/mol. The molecule has 0 radical (unpaired) electrons. The van der Waals surface area contributed by atoms with Crippen molar-refractivity contribution in [2.75, 3.05) is 19.7 Å². The van der Waals surface area contributed by atoms with E-state index in [2.05, 4.69) is 16.9 Å². The van der Waals surface area contributed by atoms with Crippen LogP contribution in [0, 0.1) is 5.92 Å². The van der Waals surface area contributed by atoms with E-state index >= 15 is 0 Å². The number of likely N-dealkylation sites (tertiary alicyclic amines) is 1. The molecule has 3 atom stereocenters. The lowest BCUT2D eigenvalue weighted by Crippen LogP contribution is -2.44. The number of aromatic nitrogens is 3. The maximum absolute atomic E-state index is 12.7. The van der Waals surface area contributed by atoms with Gasteiger partial charge in [0.05, 0.1) is 18.6 Å². The van der Waals surface area contributed by atoms with Crippen LogP contribution >= 0.6 is 0 Å². The number of ether oxygens (including phenoxy) is 2. The average molecular weight is 356 g/mol. The van der Waals surface area contributed by atoms with Crippen molar-refractivity contribution < 1.29 is 14.3 Å². The fraction of sp³-hybridized carbons (Fsp3) is 0.526. The van der Waals surface area contributed by atoms with Gasteiger partial charge in [-0.1, -0.05) is 0 Å². The standard InChI is InChI=1S/C19H24N4O3/c1-19(12-25-15-4-3-6-20-9-15)8-14-10-23(7-5-17(14)26-19)18(24)16-11-22(2)13-21-16/h3-4,6,9,11,13-14,17H,5,7-8,10,12H2,1-2H3/t14-,17+,19-/m1/s1. The second kappa shape index (κ2) is 6.72. The molecule has 0 saturated carbocycles. The Bertz CT molecular complexity index is 778. The molecule has 0 spiro atoms. The highest BCUT2D eigenvalue weighted by Crippen LogP contribution is 2.39. The first-order valence-corrected chi connectivity index (χ1v) is 9.00. The first kappa shape index (κ1) is 17.0. The van der Waals surface area contributed by atoms with Crippen LogP contribution in [0.15, 0.2) is 37.1 Å².